The predicted molar refractivity (Wildman–Crippen MR) is 57.7 cm³/mol. The Hall–Kier alpha value is 0.0200. The molecule has 1 aliphatic rings. The van der Waals surface area contributed by atoms with E-state index < -0.39 is 22.2 Å². The Labute approximate surface area is 94.2 Å². The van der Waals surface area contributed by atoms with Crippen LogP contribution in [0.2, 0.25) is 0 Å². The number of nitrogens with one attached hydrogen (secondary N) is 1. The molecular formula is C7H16NO6PS. The Balaban J connectivity index is 3.17. The average Bonchev–Trinajstić information content (AvgIpc) is 1.97. The molecule has 0 aromatic carbocycles. The monoisotopic (exact) mass is 273 g/mol. The molecule has 0 spiro atoms. The third kappa shape index (κ3) is 2.64. The van der Waals surface area contributed by atoms with Crippen LogP contribution >= 0.6 is 7.60 Å². The first-order valence-corrected chi connectivity index (χ1v) is 7.99. The smallest absolute Gasteiger partial charge is 0.323 e. The van der Waals surface area contributed by atoms with Crippen LogP contribution in [-0.2, 0) is 14.7 Å². The zero-order valence-corrected chi connectivity index (χ0v) is 10.4. The Morgan fingerprint density at radius 3 is 1.88 bits per heavy atom. The Bertz CT molecular complexity index is 380. The topological polar surface area (TPSA) is 124 Å². The summed E-state index contributed by atoms with van der Waals surface area (Å²) < 4.78 is 40.7. The summed E-state index contributed by atoms with van der Waals surface area (Å²) in [6.45, 7) is 0.967. The van der Waals surface area contributed by atoms with Crippen LogP contribution < -0.4 is 5.32 Å². The van der Waals surface area contributed by atoms with Crippen molar-refractivity contribution in [1.29, 1.82) is 0 Å². The van der Waals surface area contributed by atoms with Crippen LogP contribution in [0.15, 0.2) is 0 Å². The largest absolute Gasteiger partial charge is 0.349 e. The zero-order chi connectivity index (χ0) is 12.4. The fourth-order valence-corrected chi connectivity index (χ4v) is 4.83. The molecule has 1 aliphatic heterocycles. The molecule has 0 radical (unpaired) electrons. The van der Waals surface area contributed by atoms with Crippen LogP contribution in [0.3, 0.4) is 0 Å². The molecule has 96 valence electrons. The molecule has 1 rings (SSSR count). The second-order valence-electron chi connectivity index (χ2n) is 3.92. The van der Waals surface area contributed by atoms with Crippen molar-refractivity contribution in [3.8, 4) is 0 Å². The molecule has 0 unspecified atom stereocenters. The molecule has 0 saturated carbocycles. The quantitative estimate of drug-likeness (QED) is 0.409. The first kappa shape index (κ1) is 14.1. The molecule has 4 N–H and O–H groups in total. The maximum Gasteiger partial charge on any atom is 0.349 e. The van der Waals surface area contributed by atoms with Crippen molar-refractivity contribution >= 4 is 17.7 Å². The third-order valence-electron chi connectivity index (χ3n) is 2.85. The van der Waals surface area contributed by atoms with Crippen LogP contribution in [0, 0.1) is 0 Å². The van der Waals surface area contributed by atoms with E-state index in [0.717, 1.165) is 0 Å². The van der Waals surface area contributed by atoms with Gasteiger partial charge in [0.2, 0.25) is 0 Å². The lowest BCUT2D eigenvalue weighted by molar-refractivity contribution is 0.317. The van der Waals surface area contributed by atoms with Gasteiger partial charge in [-0.15, -0.1) is 0 Å². The van der Waals surface area contributed by atoms with E-state index in [2.05, 4.69) is 5.32 Å². The second-order valence-corrected chi connectivity index (χ2v) is 7.90. The van der Waals surface area contributed by atoms with E-state index in [1.807, 2.05) is 0 Å². The van der Waals surface area contributed by atoms with Gasteiger partial charge in [0.15, 0.2) is 4.49 Å². The highest BCUT2D eigenvalue weighted by molar-refractivity contribution is 7.95. The van der Waals surface area contributed by atoms with E-state index in [1.54, 1.807) is 0 Å². The summed E-state index contributed by atoms with van der Waals surface area (Å²) in [6.07, 6.45) is 0.127. The van der Waals surface area contributed by atoms with Crippen molar-refractivity contribution in [2.24, 2.45) is 0 Å². The fourth-order valence-electron chi connectivity index (χ4n) is 1.93. The van der Waals surface area contributed by atoms with Gasteiger partial charge in [0.05, 0.1) is 0 Å². The first-order valence-electron chi connectivity index (χ1n) is 4.94. The van der Waals surface area contributed by atoms with Gasteiger partial charge in [0.25, 0.3) is 10.1 Å². The number of hydrogen-bond acceptors (Lipinski definition) is 4. The van der Waals surface area contributed by atoms with Crippen molar-refractivity contribution in [3.63, 3.8) is 0 Å². The van der Waals surface area contributed by atoms with Crippen LogP contribution in [0.1, 0.15) is 25.7 Å². The predicted octanol–water partition coefficient (Wildman–Crippen LogP) is -0.0882. The molecule has 1 fully saturated rings. The SMILES string of the molecule is O=P(O)(O)C1(S(=O)(=O)O)CCCNCCC1. The van der Waals surface area contributed by atoms with Crippen LogP contribution in [0.25, 0.3) is 0 Å². The van der Waals surface area contributed by atoms with Crippen LogP contribution in [0.5, 0.6) is 0 Å². The molecular weight excluding hydrogens is 257 g/mol. The second kappa shape index (κ2) is 4.72. The van der Waals surface area contributed by atoms with Crippen LogP contribution in [0.4, 0.5) is 0 Å². The van der Waals surface area contributed by atoms with E-state index in [4.69, 9.17) is 4.55 Å². The highest BCUT2D eigenvalue weighted by atomic mass is 32.2. The van der Waals surface area contributed by atoms with E-state index in [1.165, 1.54) is 0 Å². The van der Waals surface area contributed by atoms with Gasteiger partial charge < -0.3 is 15.1 Å². The van der Waals surface area contributed by atoms with Gasteiger partial charge in [-0.05, 0) is 38.8 Å². The maximum atomic E-state index is 11.4. The third-order valence-corrected chi connectivity index (χ3v) is 7.14. The molecule has 0 atom stereocenters. The molecule has 1 saturated heterocycles. The minimum absolute atomic E-state index is 0.233. The summed E-state index contributed by atoms with van der Waals surface area (Å²) >= 11 is 0. The lowest BCUT2D eigenvalue weighted by Gasteiger charge is -2.32. The van der Waals surface area contributed by atoms with Crippen LogP contribution in [-0.4, -0.2) is 40.3 Å². The highest BCUT2D eigenvalue weighted by Crippen LogP contribution is 2.58. The first-order chi connectivity index (χ1) is 7.21. The van der Waals surface area contributed by atoms with E-state index in [9.17, 15) is 22.8 Å². The van der Waals surface area contributed by atoms with Gasteiger partial charge in [-0.3, -0.25) is 9.12 Å². The zero-order valence-electron chi connectivity index (χ0n) is 8.66. The summed E-state index contributed by atoms with van der Waals surface area (Å²) in [5.41, 5.74) is 0. The molecule has 0 aliphatic carbocycles. The van der Waals surface area contributed by atoms with Gasteiger partial charge in [-0.1, -0.05) is 0 Å². The minimum atomic E-state index is -4.91. The van der Waals surface area contributed by atoms with Gasteiger partial charge in [0, 0.05) is 0 Å². The molecule has 0 amide bonds. The van der Waals surface area contributed by atoms with Crippen molar-refractivity contribution in [1.82, 2.24) is 5.32 Å². The van der Waals surface area contributed by atoms with Crippen molar-refractivity contribution in [3.05, 3.63) is 0 Å². The van der Waals surface area contributed by atoms with Gasteiger partial charge >= 0.3 is 7.60 Å². The number of hydrogen-bond donors (Lipinski definition) is 4. The standard InChI is InChI=1S/C7H16NO6PS/c9-15(10,11)7(16(12,13)14)3-1-5-8-6-2-4-7/h8H,1-6H2,(H2,9,10,11)(H,12,13,14). The van der Waals surface area contributed by atoms with Gasteiger partial charge in [-0.25, -0.2) is 0 Å². The summed E-state index contributed by atoms with van der Waals surface area (Å²) in [6, 6.07) is 0. The van der Waals surface area contributed by atoms with Crippen molar-refractivity contribution < 1.29 is 27.3 Å². The highest BCUT2D eigenvalue weighted by Gasteiger charge is 2.56. The molecule has 0 bridgehead atoms. The summed E-state index contributed by atoms with van der Waals surface area (Å²) in [5, 5.41) is 3.00. The molecule has 1 heterocycles. The van der Waals surface area contributed by atoms with E-state index >= 15 is 0 Å². The average molecular weight is 273 g/mol. The minimum Gasteiger partial charge on any atom is -0.323 e. The normalized spacial score (nSPS) is 23.4. The number of rotatable bonds is 2. The fraction of sp³-hybridized carbons (Fsp3) is 1.00. The lowest BCUT2D eigenvalue weighted by atomic mass is 10.1. The Kier molecular flexibility index (Phi) is 4.15. The van der Waals surface area contributed by atoms with Crippen molar-refractivity contribution in [2.75, 3.05) is 13.1 Å². The Morgan fingerprint density at radius 2 is 1.56 bits per heavy atom. The van der Waals surface area contributed by atoms with E-state index in [-0.39, 0.29) is 12.8 Å². The van der Waals surface area contributed by atoms with E-state index in [0.29, 0.717) is 25.9 Å². The Morgan fingerprint density at radius 1 is 1.12 bits per heavy atom. The molecule has 16 heavy (non-hydrogen) atoms. The summed E-state index contributed by atoms with van der Waals surface area (Å²) in [4.78, 5) is 18.4. The van der Waals surface area contributed by atoms with Gasteiger partial charge in [-0.2, -0.15) is 8.42 Å². The molecule has 9 heteroatoms. The lowest BCUT2D eigenvalue weighted by Crippen LogP contribution is -2.41. The van der Waals surface area contributed by atoms with Crippen molar-refractivity contribution in [2.45, 2.75) is 30.2 Å². The summed E-state index contributed by atoms with van der Waals surface area (Å²) in [7, 11) is -9.68. The molecule has 0 aromatic heterocycles. The van der Waals surface area contributed by atoms with Gasteiger partial charge in [0.1, 0.15) is 0 Å². The molecule has 0 aromatic rings. The molecule has 7 nitrogen and oxygen atoms in total. The maximum absolute atomic E-state index is 11.4. The summed E-state index contributed by atoms with van der Waals surface area (Å²) in [5.74, 6) is 0.